The predicted molar refractivity (Wildman–Crippen MR) is 76.8 cm³/mol. The van der Waals surface area contributed by atoms with Gasteiger partial charge in [-0.05, 0) is 35.0 Å². The molecule has 0 aliphatic carbocycles. The standard InChI is InChI=1S/C13H12BrClN2O2/c1-8-13(14)11(17(2)16-8)7-19-12-5-3-4-10(15)9(12)6-18/h3-6H,7H2,1-2H3. The summed E-state index contributed by atoms with van der Waals surface area (Å²) < 4.78 is 8.31. The number of carbonyl (C=O) groups excluding carboxylic acids is 1. The average molecular weight is 344 g/mol. The summed E-state index contributed by atoms with van der Waals surface area (Å²) in [5.41, 5.74) is 2.15. The highest BCUT2D eigenvalue weighted by Crippen LogP contribution is 2.27. The monoisotopic (exact) mass is 342 g/mol. The fraction of sp³-hybridized carbons (Fsp3) is 0.231. The largest absolute Gasteiger partial charge is 0.486 e. The molecular formula is C13H12BrClN2O2. The molecule has 1 heterocycles. The summed E-state index contributed by atoms with van der Waals surface area (Å²) in [6.07, 6.45) is 0.696. The van der Waals surface area contributed by atoms with Crippen LogP contribution in [0.1, 0.15) is 21.7 Å². The van der Waals surface area contributed by atoms with Crippen LogP contribution in [0.3, 0.4) is 0 Å². The fourth-order valence-corrected chi connectivity index (χ4v) is 2.40. The second kappa shape index (κ2) is 5.75. The Balaban J connectivity index is 2.24. The smallest absolute Gasteiger partial charge is 0.155 e. The van der Waals surface area contributed by atoms with Gasteiger partial charge in [0, 0.05) is 7.05 Å². The predicted octanol–water partition coefficient (Wildman–Crippen LogP) is 3.54. The van der Waals surface area contributed by atoms with E-state index < -0.39 is 0 Å². The molecule has 0 bridgehead atoms. The number of carbonyl (C=O) groups is 1. The second-order valence-electron chi connectivity index (χ2n) is 4.03. The third-order valence-corrected chi connectivity index (χ3v) is 4.12. The molecule has 0 spiro atoms. The molecule has 2 aromatic rings. The van der Waals surface area contributed by atoms with Crippen molar-refractivity contribution in [1.29, 1.82) is 0 Å². The minimum absolute atomic E-state index is 0.305. The maximum absolute atomic E-state index is 11.0. The molecular weight excluding hydrogens is 332 g/mol. The number of rotatable bonds is 4. The first-order valence-corrected chi connectivity index (χ1v) is 6.76. The first kappa shape index (κ1) is 14.1. The molecule has 0 saturated carbocycles. The number of ether oxygens (including phenoxy) is 1. The number of nitrogens with zero attached hydrogens (tertiary/aromatic N) is 2. The lowest BCUT2D eigenvalue weighted by Crippen LogP contribution is -2.05. The summed E-state index contributed by atoms with van der Waals surface area (Å²) in [4.78, 5) is 11.0. The number of aromatic nitrogens is 2. The summed E-state index contributed by atoms with van der Waals surface area (Å²) in [5, 5.41) is 4.66. The van der Waals surface area contributed by atoms with E-state index in [9.17, 15) is 4.79 Å². The molecule has 0 atom stereocenters. The maximum atomic E-state index is 11.0. The summed E-state index contributed by atoms with van der Waals surface area (Å²) in [6.45, 7) is 2.21. The van der Waals surface area contributed by atoms with Crippen LogP contribution in [-0.2, 0) is 13.7 Å². The molecule has 6 heteroatoms. The lowest BCUT2D eigenvalue weighted by Gasteiger charge is -2.09. The van der Waals surface area contributed by atoms with Gasteiger partial charge in [0.15, 0.2) is 6.29 Å². The molecule has 2 rings (SSSR count). The molecule has 0 saturated heterocycles. The lowest BCUT2D eigenvalue weighted by atomic mass is 10.2. The van der Waals surface area contributed by atoms with E-state index in [4.69, 9.17) is 16.3 Å². The highest BCUT2D eigenvalue weighted by atomic mass is 79.9. The van der Waals surface area contributed by atoms with Crippen molar-refractivity contribution >= 4 is 33.8 Å². The first-order chi connectivity index (χ1) is 9.04. The third-order valence-electron chi connectivity index (χ3n) is 2.76. The Morgan fingerprint density at radius 1 is 1.53 bits per heavy atom. The Labute approximate surface area is 124 Å². The van der Waals surface area contributed by atoms with Crippen molar-refractivity contribution in [1.82, 2.24) is 9.78 Å². The van der Waals surface area contributed by atoms with Crippen LogP contribution in [0.25, 0.3) is 0 Å². The molecule has 0 amide bonds. The minimum Gasteiger partial charge on any atom is -0.486 e. The Morgan fingerprint density at radius 3 is 2.84 bits per heavy atom. The maximum Gasteiger partial charge on any atom is 0.155 e. The Hall–Kier alpha value is -1.33. The van der Waals surface area contributed by atoms with Crippen LogP contribution in [0.15, 0.2) is 22.7 Å². The van der Waals surface area contributed by atoms with Crippen LogP contribution in [0.4, 0.5) is 0 Å². The summed E-state index contributed by atoms with van der Waals surface area (Å²) in [6, 6.07) is 5.11. The topological polar surface area (TPSA) is 44.1 Å². The van der Waals surface area contributed by atoms with Gasteiger partial charge in [-0.1, -0.05) is 17.7 Å². The number of aldehydes is 1. The van der Waals surface area contributed by atoms with E-state index >= 15 is 0 Å². The Bertz CT molecular complexity index is 625. The van der Waals surface area contributed by atoms with Crippen molar-refractivity contribution in [2.75, 3.05) is 0 Å². The van der Waals surface area contributed by atoms with E-state index in [1.807, 2.05) is 14.0 Å². The molecule has 1 aromatic carbocycles. The fourth-order valence-electron chi connectivity index (χ4n) is 1.74. The van der Waals surface area contributed by atoms with Gasteiger partial charge >= 0.3 is 0 Å². The molecule has 0 unspecified atom stereocenters. The van der Waals surface area contributed by atoms with Crippen LogP contribution in [0.2, 0.25) is 5.02 Å². The van der Waals surface area contributed by atoms with Gasteiger partial charge in [0.2, 0.25) is 0 Å². The summed E-state index contributed by atoms with van der Waals surface area (Å²) in [7, 11) is 1.84. The normalized spacial score (nSPS) is 10.5. The quantitative estimate of drug-likeness (QED) is 0.798. The molecule has 100 valence electrons. The number of benzene rings is 1. The van der Waals surface area contributed by atoms with E-state index in [-0.39, 0.29) is 0 Å². The molecule has 0 aliphatic rings. The third kappa shape index (κ3) is 2.82. The zero-order chi connectivity index (χ0) is 14.0. The molecule has 0 fully saturated rings. The van der Waals surface area contributed by atoms with Gasteiger partial charge in [0.25, 0.3) is 0 Å². The van der Waals surface area contributed by atoms with E-state index in [1.54, 1.807) is 22.9 Å². The minimum atomic E-state index is 0.305. The van der Waals surface area contributed by atoms with Crippen molar-refractivity contribution in [2.24, 2.45) is 7.05 Å². The van der Waals surface area contributed by atoms with Crippen molar-refractivity contribution in [3.8, 4) is 5.75 Å². The number of hydrogen-bond donors (Lipinski definition) is 0. The molecule has 0 N–H and O–H groups in total. The molecule has 0 aliphatic heterocycles. The second-order valence-corrected chi connectivity index (χ2v) is 5.23. The van der Waals surface area contributed by atoms with Crippen LogP contribution < -0.4 is 4.74 Å². The molecule has 19 heavy (non-hydrogen) atoms. The Kier molecular flexibility index (Phi) is 4.27. The van der Waals surface area contributed by atoms with E-state index in [2.05, 4.69) is 21.0 Å². The van der Waals surface area contributed by atoms with E-state index in [0.29, 0.717) is 29.2 Å². The van der Waals surface area contributed by atoms with Crippen molar-refractivity contribution in [2.45, 2.75) is 13.5 Å². The summed E-state index contributed by atoms with van der Waals surface area (Å²) in [5.74, 6) is 0.466. The van der Waals surface area contributed by atoms with E-state index in [0.717, 1.165) is 15.9 Å². The average Bonchev–Trinajstić information content (AvgIpc) is 2.61. The van der Waals surface area contributed by atoms with Crippen LogP contribution in [-0.4, -0.2) is 16.1 Å². The van der Waals surface area contributed by atoms with Crippen molar-refractivity contribution in [3.05, 3.63) is 44.6 Å². The van der Waals surface area contributed by atoms with Crippen LogP contribution in [0.5, 0.6) is 5.75 Å². The van der Waals surface area contributed by atoms with Gasteiger partial charge in [-0.3, -0.25) is 9.48 Å². The van der Waals surface area contributed by atoms with Gasteiger partial charge in [0.1, 0.15) is 12.4 Å². The molecule has 0 radical (unpaired) electrons. The van der Waals surface area contributed by atoms with Crippen molar-refractivity contribution in [3.63, 3.8) is 0 Å². The van der Waals surface area contributed by atoms with Gasteiger partial charge in [-0.2, -0.15) is 5.10 Å². The number of aryl methyl sites for hydroxylation is 2. The molecule has 4 nitrogen and oxygen atoms in total. The highest BCUT2D eigenvalue weighted by Gasteiger charge is 2.13. The van der Waals surface area contributed by atoms with Gasteiger partial charge in [-0.15, -0.1) is 0 Å². The van der Waals surface area contributed by atoms with Crippen molar-refractivity contribution < 1.29 is 9.53 Å². The van der Waals surface area contributed by atoms with Crippen LogP contribution >= 0.6 is 27.5 Å². The first-order valence-electron chi connectivity index (χ1n) is 5.59. The zero-order valence-electron chi connectivity index (χ0n) is 10.5. The van der Waals surface area contributed by atoms with Gasteiger partial charge < -0.3 is 4.74 Å². The van der Waals surface area contributed by atoms with Gasteiger partial charge in [-0.25, -0.2) is 0 Å². The summed E-state index contributed by atoms with van der Waals surface area (Å²) >= 11 is 9.41. The lowest BCUT2D eigenvalue weighted by molar-refractivity contribution is 0.111. The number of hydrogen-bond acceptors (Lipinski definition) is 3. The highest BCUT2D eigenvalue weighted by molar-refractivity contribution is 9.10. The van der Waals surface area contributed by atoms with Gasteiger partial charge in [0.05, 0.1) is 26.4 Å². The number of halogens is 2. The molecule has 1 aromatic heterocycles. The Morgan fingerprint density at radius 2 is 2.26 bits per heavy atom. The zero-order valence-corrected chi connectivity index (χ0v) is 12.8. The van der Waals surface area contributed by atoms with E-state index in [1.165, 1.54) is 0 Å². The SMILES string of the molecule is Cc1nn(C)c(COc2cccc(Cl)c2C=O)c1Br. The van der Waals surface area contributed by atoms with Crippen LogP contribution in [0, 0.1) is 6.92 Å².